The first-order chi connectivity index (χ1) is 13.8. The molecule has 7 nitrogen and oxygen atoms in total. The number of carbonyl (C=O) groups is 2. The van der Waals surface area contributed by atoms with Crippen LogP contribution in [0.3, 0.4) is 0 Å². The molecule has 29 heavy (non-hydrogen) atoms. The third-order valence-electron chi connectivity index (χ3n) is 4.67. The van der Waals surface area contributed by atoms with Crippen LogP contribution >= 0.6 is 0 Å². The number of nitrogens with zero attached hydrogens (tertiary/aromatic N) is 1. The SMILES string of the molecule is Cc1ccccc1OC[C@@H](C)NC(=O)CCCN1C(=O)c2ccccc2S1(=O)=O. The monoisotopic (exact) mass is 416 g/mol. The Bertz CT molecular complexity index is 1020. The molecular weight excluding hydrogens is 392 g/mol. The Kier molecular flexibility index (Phi) is 6.22. The molecule has 1 atom stereocenters. The standard InChI is InChI=1S/C21H24N2O5S/c1-15-8-3-5-10-18(15)28-14-16(2)22-20(24)12-7-13-23-21(25)17-9-4-6-11-19(17)29(23,26)27/h3-6,8-11,16H,7,12-14H2,1-2H3,(H,22,24)/t16-/m1/s1. The summed E-state index contributed by atoms with van der Waals surface area (Å²) in [6, 6.07) is 13.6. The third kappa shape index (κ3) is 4.59. The second-order valence-electron chi connectivity index (χ2n) is 7.03. The minimum atomic E-state index is -3.83. The first-order valence-corrected chi connectivity index (χ1v) is 10.9. The van der Waals surface area contributed by atoms with E-state index in [1.54, 1.807) is 12.1 Å². The molecule has 0 saturated carbocycles. The molecule has 1 aliphatic rings. The van der Waals surface area contributed by atoms with E-state index < -0.39 is 15.9 Å². The van der Waals surface area contributed by atoms with Crippen molar-refractivity contribution in [3.8, 4) is 5.75 Å². The summed E-state index contributed by atoms with van der Waals surface area (Å²) in [7, 11) is -3.83. The van der Waals surface area contributed by atoms with Crippen LogP contribution < -0.4 is 10.1 Å². The van der Waals surface area contributed by atoms with E-state index in [0.29, 0.717) is 6.61 Å². The summed E-state index contributed by atoms with van der Waals surface area (Å²) in [4.78, 5) is 24.5. The average molecular weight is 416 g/mol. The second kappa shape index (κ2) is 8.65. The van der Waals surface area contributed by atoms with Crippen molar-refractivity contribution in [2.75, 3.05) is 13.2 Å². The molecule has 8 heteroatoms. The number of carbonyl (C=O) groups excluding carboxylic acids is 2. The molecule has 2 aromatic rings. The number of fused-ring (bicyclic) bond motifs is 1. The van der Waals surface area contributed by atoms with Gasteiger partial charge in [0.25, 0.3) is 15.9 Å². The Balaban J connectivity index is 1.46. The molecule has 0 fully saturated rings. The highest BCUT2D eigenvalue weighted by atomic mass is 32.2. The molecule has 0 saturated heterocycles. The molecule has 3 rings (SSSR count). The first-order valence-electron chi connectivity index (χ1n) is 9.44. The zero-order chi connectivity index (χ0) is 21.0. The van der Waals surface area contributed by atoms with Crippen LogP contribution in [-0.2, 0) is 14.8 Å². The molecule has 154 valence electrons. The van der Waals surface area contributed by atoms with Crippen molar-refractivity contribution in [3.63, 3.8) is 0 Å². The Morgan fingerprint density at radius 2 is 1.83 bits per heavy atom. The molecule has 0 radical (unpaired) electrons. The van der Waals surface area contributed by atoms with Crippen molar-refractivity contribution in [2.24, 2.45) is 0 Å². The van der Waals surface area contributed by atoms with Crippen LogP contribution in [0.4, 0.5) is 0 Å². The fourth-order valence-electron chi connectivity index (χ4n) is 3.16. The molecule has 1 N–H and O–H groups in total. The van der Waals surface area contributed by atoms with Crippen LogP contribution in [0.1, 0.15) is 35.7 Å². The zero-order valence-electron chi connectivity index (χ0n) is 16.4. The van der Waals surface area contributed by atoms with Crippen LogP contribution in [0.15, 0.2) is 53.4 Å². The molecular formula is C21H24N2O5S. The van der Waals surface area contributed by atoms with Gasteiger partial charge in [-0.05, 0) is 44.0 Å². The van der Waals surface area contributed by atoms with E-state index >= 15 is 0 Å². The largest absolute Gasteiger partial charge is 0.491 e. The summed E-state index contributed by atoms with van der Waals surface area (Å²) in [5.41, 5.74) is 1.20. The van der Waals surface area contributed by atoms with E-state index in [-0.39, 0.29) is 41.8 Å². The van der Waals surface area contributed by atoms with Gasteiger partial charge in [0.1, 0.15) is 17.3 Å². The first kappa shape index (κ1) is 20.9. The maximum atomic E-state index is 12.5. The van der Waals surface area contributed by atoms with Crippen molar-refractivity contribution >= 4 is 21.8 Å². The Hall–Kier alpha value is -2.87. The fraction of sp³-hybridized carbons (Fsp3) is 0.333. The van der Waals surface area contributed by atoms with Crippen molar-refractivity contribution in [2.45, 2.75) is 37.6 Å². The van der Waals surface area contributed by atoms with Crippen LogP contribution in [0.5, 0.6) is 5.75 Å². The lowest BCUT2D eigenvalue weighted by molar-refractivity contribution is -0.122. The Labute approximate surface area is 170 Å². The van der Waals surface area contributed by atoms with E-state index in [0.717, 1.165) is 15.6 Å². The number of rotatable bonds is 8. The Morgan fingerprint density at radius 3 is 2.55 bits per heavy atom. The van der Waals surface area contributed by atoms with Crippen LogP contribution in [-0.4, -0.2) is 43.7 Å². The number of aryl methyl sites for hydroxylation is 1. The summed E-state index contributed by atoms with van der Waals surface area (Å²) < 4.78 is 31.5. The number of benzene rings is 2. The van der Waals surface area contributed by atoms with Gasteiger partial charge in [-0.1, -0.05) is 30.3 Å². The van der Waals surface area contributed by atoms with Gasteiger partial charge >= 0.3 is 0 Å². The summed E-state index contributed by atoms with van der Waals surface area (Å²) in [6.45, 7) is 4.08. The fourth-order valence-corrected chi connectivity index (χ4v) is 4.76. The number of amides is 2. The van der Waals surface area contributed by atoms with E-state index in [2.05, 4.69) is 5.32 Å². The van der Waals surface area contributed by atoms with E-state index in [1.165, 1.54) is 12.1 Å². The Morgan fingerprint density at radius 1 is 1.14 bits per heavy atom. The lowest BCUT2D eigenvalue weighted by atomic mass is 10.2. The highest BCUT2D eigenvalue weighted by Gasteiger charge is 2.40. The number of para-hydroxylation sites is 1. The number of hydrogen-bond donors (Lipinski definition) is 1. The maximum Gasteiger partial charge on any atom is 0.269 e. The van der Waals surface area contributed by atoms with Gasteiger partial charge in [-0.25, -0.2) is 12.7 Å². The lowest BCUT2D eigenvalue weighted by Crippen LogP contribution is -2.37. The average Bonchev–Trinajstić information content (AvgIpc) is 2.88. The molecule has 1 aliphatic heterocycles. The lowest BCUT2D eigenvalue weighted by Gasteiger charge is -2.17. The van der Waals surface area contributed by atoms with E-state index in [4.69, 9.17) is 4.74 Å². The minimum Gasteiger partial charge on any atom is -0.491 e. The van der Waals surface area contributed by atoms with Gasteiger partial charge in [-0.2, -0.15) is 0 Å². The predicted molar refractivity (Wildman–Crippen MR) is 108 cm³/mol. The summed E-state index contributed by atoms with van der Waals surface area (Å²) in [6.07, 6.45) is 0.362. The third-order valence-corrected chi connectivity index (χ3v) is 6.51. The topological polar surface area (TPSA) is 92.8 Å². The molecule has 2 amide bonds. The number of hydrogen-bond acceptors (Lipinski definition) is 5. The molecule has 2 aromatic carbocycles. The molecule has 1 heterocycles. The van der Waals surface area contributed by atoms with Crippen LogP contribution in [0, 0.1) is 6.92 Å². The highest BCUT2D eigenvalue weighted by Crippen LogP contribution is 2.29. The van der Waals surface area contributed by atoms with Gasteiger partial charge in [-0.15, -0.1) is 0 Å². The van der Waals surface area contributed by atoms with Gasteiger partial charge in [-0.3, -0.25) is 9.59 Å². The van der Waals surface area contributed by atoms with Gasteiger partial charge in [0.15, 0.2) is 0 Å². The van der Waals surface area contributed by atoms with Gasteiger partial charge in [0.2, 0.25) is 5.91 Å². The quantitative estimate of drug-likeness (QED) is 0.714. The van der Waals surface area contributed by atoms with Gasteiger partial charge < -0.3 is 10.1 Å². The van der Waals surface area contributed by atoms with Crippen molar-refractivity contribution in [3.05, 3.63) is 59.7 Å². The number of ether oxygens (including phenoxy) is 1. The molecule has 0 spiro atoms. The van der Waals surface area contributed by atoms with Crippen molar-refractivity contribution in [1.29, 1.82) is 0 Å². The summed E-state index contributed by atoms with van der Waals surface area (Å²) in [5.74, 6) is 0.0133. The minimum absolute atomic E-state index is 0.0245. The van der Waals surface area contributed by atoms with Crippen LogP contribution in [0.25, 0.3) is 0 Å². The molecule has 0 unspecified atom stereocenters. The van der Waals surface area contributed by atoms with Crippen molar-refractivity contribution < 1.29 is 22.7 Å². The normalized spacial score (nSPS) is 15.7. The maximum absolute atomic E-state index is 12.5. The van der Waals surface area contributed by atoms with Gasteiger partial charge in [0, 0.05) is 13.0 Å². The van der Waals surface area contributed by atoms with Gasteiger partial charge in [0.05, 0.1) is 11.6 Å². The van der Waals surface area contributed by atoms with Crippen LogP contribution in [0.2, 0.25) is 0 Å². The smallest absolute Gasteiger partial charge is 0.269 e. The summed E-state index contributed by atoms with van der Waals surface area (Å²) >= 11 is 0. The molecule has 0 aromatic heterocycles. The zero-order valence-corrected chi connectivity index (χ0v) is 17.2. The number of nitrogens with one attached hydrogen (secondary N) is 1. The van der Waals surface area contributed by atoms with E-state index in [1.807, 2.05) is 38.1 Å². The second-order valence-corrected chi connectivity index (χ2v) is 8.86. The van der Waals surface area contributed by atoms with Crippen molar-refractivity contribution in [1.82, 2.24) is 9.62 Å². The van der Waals surface area contributed by atoms with E-state index in [9.17, 15) is 18.0 Å². The predicted octanol–water partition coefficient (Wildman–Crippen LogP) is 2.50. The molecule has 0 bridgehead atoms. The number of sulfonamides is 1. The summed E-state index contributed by atoms with van der Waals surface area (Å²) in [5, 5.41) is 2.83. The highest BCUT2D eigenvalue weighted by molar-refractivity contribution is 7.90. The molecule has 0 aliphatic carbocycles.